The maximum Gasteiger partial charge on any atom is 0.352 e. The Kier molecular flexibility index (Phi) is 6.37. The summed E-state index contributed by atoms with van der Waals surface area (Å²) in [4.78, 5) is 11.7. The van der Waals surface area contributed by atoms with Crippen LogP contribution in [-0.4, -0.2) is 23.3 Å². The molecule has 1 aromatic carbocycles. The van der Waals surface area contributed by atoms with Crippen LogP contribution in [0.25, 0.3) is 0 Å². The van der Waals surface area contributed by atoms with Gasteiger partial charge < -0.3 is 10.1 Å². The highest BCUT2D eigenvalue weighted by atomic mass is 35.5. The van der Waals surface area contributed by atoms with Crippen molar-refractivity contribution in [1.29, 1.82) is 5.41 Å². The zero-order chi connectivity index (χ0) is 16.0. The first-order valence-electron chi connectivity index (χ1n) is 6.96. The highest BCUT2D eigenvalue weighted by Gasteiger charge is 2.21. The number of halogens is 1. The van der Waals surface area contributed by atoms with Gasteiger partial charge in [-0.15, -0.1) is 0 Å². The van der Waals surface area contributed by atoms with E-state index in [1.54, 1.807) is 20.8 Å². The second-order valence-electron chi connectivity index (χ2n) is 6.09. The molecule has 0 aliphatic heterocycles. The quantitative estimate of drug-likeness (QED) is 0.623. The summed E-state index contributed by atoms with van der Waals surface area (Å²) in [5, 5.41) is 11.8. The minimum absolute atomic E-state index is 0.0129. The van der Waals surface area contributed by atoms with Gasteiger partial charge in [0.1, 0.15) is 11.3 Å². The summed E-state index contributed by atoms with van der Waals surface area (Å²) in [6.07, 6.45) is 0.336. The van der Waals surface area contributed by atoms with Crippen molar-refractivity contribution >= 4 is 23.3 Å². The Morgan fingerprint density at radius 2 is 1.90 bits per heavy atom. The first-order chi connectivity index (χ1) is 9.67. The molecule has 0 aromatic heterocycles. The maximum atomic E-state index is 11.7. The van der Waals surface area contributed by atoms with E-state index in [0.29, 0.717) is 18.0 Å². The molecule has 21 heavy (non-hydrogen) atoms. The maximum absolute atomic E-state index is 11.7. The number of rotatable bonds is 6. The zero-order valence-corrected chi connectivity index (χ0v) is 13.8. The molecule has 1 rings (SSSR count). The topological polar surface area (TPSA) is 62.2 Å². The molecule has 0 heterocycles. The summed E-state index contributed by atoms with van der Waals surface area (Å²) in [5.41, 5.74) is 0.527. The van der Waals surface area contributed by atoms with Crippen molar-refractivity contribution in [1.82, 2.24) is 5.32 Å². The van der Waals surface area contributed by atoms with Crippen molar-refractivity contribution in [3.8, 4) is 0 Å². The minimum Gasteiger partial charge on any atom is -0.456 e. The SMILES string of the molecule is CC(CC(=N)C(=O)OC(C)(C)C)NCc1ccc(Cl)cc1. The van der Waals surface area contributed by atoms with Crippen LogP contribution in [0.3, 0.4) is 0 Å². The van der Waals surface area contributed by atoms with Gasteiger partial charge in [-0.05, 0) is 45.4 Å². The number of nitrogens with one attached hydrogen (secondary N) is 2. The third kappa shape index (κ3) is 7.25. The molecule has 0 radical (unpaired) electrons. The lowest BCUT2D eigenvalue weighted by Crippen LogP contribution is -2.34. The van der Waals surface area contributed by atoms with E-state index in [0.717, 1.165) is 5.56 Å². The van der Waals surface area contributed by atoms with Gasteiger partial charge in [-0.1, -0.05) is 23.7 Å². The van der Waals surface area contributed by atoms with E-state index in [1.165, 1.54) is 0 Å². The van der Waals surface area contributed by atoms with Crippen LogP contribution < -0.4 is 5.32 Å². The highest BCUT2D eigenvalue weighted by Crippen LogP contribution is 2.10. The lowest BCUT2D eigenvalue weighted by molar-refractivity contribution is -0.146. The molecule has 1 atom stereocenters. The molecule has 0 bridgehead atoms. The van der Waals surface area contributed by atoms with Crippen molar-refractivity contribution < 1.29 is 9.53 Å². The molecule has 1 unspecified atom stereocenters. The second-order valence-corrected chi connectivity index (χ2v) is 6.53. The molecule has 4 nitrogen and oxygen atoms in total. The van der Waals surface area contributed by atoms with Crippen LogP contribution in [0.2, 0.25) is 5.02 Å². The number of hydrogen-bond acceptors (Lipinski definition) is 4. The molecule has 2 N–H and O–H groups in total. The van der Waals surface area contributed by atoms with Gasteiger partial charge in [0.05, 0.1) is 0 Å². The smallest absolute Gasteiger partial charge is 0.352 e. The van der Waals surface area contributed by atoms with Gasteiger partial charge in [0.15, 0.2) is 0 Å². The van der Waals surface area contributed by atoms with Crippen molar-refractivity contribution in [2.24, 2.45) is 0 Å². The van der Waals surface area contributed by atoms with Crippen molar-refractivity contribution in [2.45, 2.75) is 52.3 Å². The number of carbonyl (C=O) groups is 1. The number of benzene rings is 1. The van der Waals surface area contributed by atoms with Crippen molar-refractivity contribution in [3.63, 3.8) is 0 Å². The Hall–Kier alpha value is -1.39. The van der Waals surface area contributed by atoms with Crippen LogP contribution in [0.15, 0.2) is 24.3 Å². The summed E-state index contributed by atoms with van der Waals surface area (Å²) in [7, 11) is 0. The monoisotopic (exact) mass is 310 g/mol. The van der Waals surface area contributed by atoms with Crippen molar-refractivity contribution in [2.75, 3.05) is 0 Å². The van der Waals surface area contributed by atoms with E-state index in [-0.39, 0.29) is 11.8 Å². The predicted molar refractivity (Wildman–Crippen MR) is 85.9 cm³/mol. The third-order valence-electron chi connectivity index (χ3n) is 2.72. The minimum atomic E-state index is -0.566. The number of ether oxygens (including phenoxy) is 1. The fraction of sp³-hybridized carbons (Fsp3) is 0.500. The number of esters is 1. The Bertz CT molecular complexity index is 492. The van der Waals surface area contributed by atoms with E-state index in [4.69, 9.17) is 21.7 Å². The van der Waals surface area contributed by atoms with Crippen LogP contribution in [0.5, 0.6) is 0 Å². The summed E-state index contributed by atoms with van der Waals surface area (Å²) >= 11 is 5.83. The summed E-state index contributed by atoms with van der Waals surface area (Å²) in [6.45, 7) is 7.98. The van der Waals surface area contributed by atoms with Gasteiger partial charge in [-0.25, -0.2) is 4.79 Å². The lowest BCUT2D eigenvalue weighted by atomic mass is 10.1. The van der Waals surface area contributed by atoms with Crippen LogP contribution in [0, 0.1) is 5.41 Å². The molecular formula is C16H23ClN2O2. The Morgan fingerprint density at radius 1 is 1.33 bits per heavy atom. The molecule has 0 saturated carbocycles. The fourth-order valence-corrected chi connectivity index (χ4v) is 1.82. The first kappa shape index (κ1) is 17.7. The second kappa shape index (κ2) is 7.57. The van der Waals surface area contributed by atoms with Gasteiger partial charge in [-0.2, -0.15) is 0 Å². The molecule has 5 heteroatoms. The predicted octanol–water partition coefficient (Wildman–Crippen LogP) is 3.57. The molecular weight excluding hydrogens is 288 g/mol. The van der Waals surface area contributed by atoms with Gasteiger partial charge >= 0.3 is 5.97 Å². The molecule has 116 valence electrons. The largest absolute Gasteiger partial charge is 0.456 e. The summed E-state index contributed by atoms with van der Waals surface area (Å²) in [5.74, 6) is -0.553. The van der Waals surface area contributed by atoms with Gasteiger partial charge in [0.25, 0.3) is 0 Å². The van der Waals surface area contributed by atoms with Gasteiger partial charge in [0, 0.05) is 24.0 Å². The number of carbonyl (C=O) groups excluding carboxylic acids is 1. The number of hydrogen-bond donors (Lipinski definition) is 2. The van der Waals surface area contributed by atoms with E-state index in [9.17, 15) is 4.79 Å². The molecule has 0 saturated heterocycles. The van der Waals surface area contributed by atoms with E-state index >= 15 is 0 Å². The molecule has 0 fully saturated rings. The van der Waals surface area contributed by atoms with Crippen LogP contribution in [0.4, 0.5) is 0 Å². The summed E-state index contributed by atoms with van der Waals surface area (Å²) in [6, 6.07) is 7.58. The summed E-state index contributed by atoms with van der Waals surface area (Å²) < 4.78 is 5.17. The average molecular weight is 311 g/mol. The normalized spacial score (nSPS) is 12.8. The van der Waals surface area contributed by atoms with E-state index in [2.05, 4.69) is 5.32 Å². The fourth-order valence-electron chi connectivity index (χ4n) is 1.70. The van der Waals surface area contributed by atoms with E-state index < -0.39 is 11.6 Å². The first-order valence-corrected chi connectivity index (χ1v) is 7.34. The molecule has 0 spiro atoms. The van der Waals surface area contributed by atoms with Crippen LogP contribution >= 0.6 is 11.6 Å². The molecule has 0 aliphatic rings. The van der Waals surface area contributed by atoms with E-state index in [1.807, 2.05) is 31.2 Å². The van der Waals surface area contributed by atoms with Gasteiger partial charge in [-0.3, -0.25) is 5.41 Å². The van der Waals surface area contributed by atoms with Crippen LogP contribution in [-0.2, 0) is 16.1 Å². The Morgan fingerprint density at radius 3 is 2.43 bits per heavy atom. The lowest BCUT2D eigenvalue weighted by Gasteiger charge is -2.21. The van der Waals surface area contributed by atoms with Crippen LogP contribution in [0.1, 0.15) is 39.7 Å². The average Bonchev–Trinajstić information content (AvgIpc) is 2.36. The molecule has 1 aromatic rings. The standard InChI is InChI=1S/C16H23ClN2O2/c1-11(9-14(18)15(20)21-16(2,3)4)19-10-12-5-7-13(17)8-6-12/h5-8,11,18-19H,9-10H2,1-4H3. The van der Waals surface area contributed by atoms with Crippen molar-refractivity contribution in [3.05, 3.63) is 34.9 Å². The third-order valence-corrected chi connectivity index (χ3v) is 2.98. The molecule has 0 amide bonds. The Balaban J connectivity index is 2.39. The zero-order valence-electron chi connectivity index (χ0n) is 13.0. The highest BCUT2D eigenvalue weighted by molar-refractivity contribution is 6.35. The van der Waals surface area contributed by atoms with Gasteiger partial charge in [0.2, 0.25) is 0 Å². The Labute approximate surface area is 131 Å². The molecule has 0 aliphatic carbocycles.